The molecule has 0 bridgehead atoms. The fraction of sp³-hybridized carbons (Fsp3) is 0.500. The lowest BCUT2D eigenvalue weighted by Crippen LogP contribution is -2.25. The summed E-state index contributed by atoms with van der Waals surface area (Å²) in [6.07, 6.45) is 4.71. The van der Waals surface area contributed by atoms with Gasteiger partial charge in [0.1, 0.15) is 11.1 Å². The van der Waals surface area contributed by atoms with E-state index in [0.29, 0.717) is 12.8 Å². The fourth-order valence-corrected chi connectivity index (χ4v) is 1.65. The third kappa shape index (κ3) is 4.95. The van der Waals surface area contributed by atoms with Crippen molar-refractivity contribution in [2.45, 2.75) is 39.5 Å². The Kier molecular flexibility index (Phi) is 7.22. The van der Waals surface area contributed by atoms with E-state index in [-0.39, 0.29) is 24.4 Å². The zero-order valence-corrected chi connectivity index (χ0v) is 12.8. The van der Waals surface area contributed by atoms with Crippen LogP contribution in [0, 0.1) is 0 Å². The number of hydrogen-bond donors (Lipinski definition) is 0. The van der Waals surface area contributed by atoms with Crippen LogP contribution >= 0.6 is 0 Å². The Bertz CT molecular complexity index is 479. The fourth-order valence-electron chi connectivity index (χ4n) is 1.65. The molecule has 0 saturated carbocycles. The topological polar surface area (TPSA) is 86.7 Å². The average molecular weight is 308 g/mol. The molecule has 0 saturated heterocycles. The number of ketones is 2. The molecule has 0 unspecified atom stereocenters. The van der Waals surface area contributed by atoms with Gasteiger partial charge in [0.05, 0.1) is 13.2 Å². The first kappa shape index (κ1) is 17.8. The maximum absolute atomic E-state index is 11.9. The van der Waals surface area contributed by atoms with E-state index in [1.54, 1.807) is 0 Å². The van der Waals surface area contributed by atoms with Crippen LogP contribution in [0.4, 0.5) is 0 Å². The van der Waals surface area contributed by atoms with Gasteiger partial charge in [-0.05, 0) is 12.8 Å². The van der Waals surface area contributed by atoms with Crippen molar-refractivity contribution in [2.75, 3.05) is 13.2 Å². The lowest BCUT2D eigenvalue weighted by Gasteiger charge is -2.11. The molecule has 1 aliphatic carbocycles. The third-order valence-corrected chi connectivity index (χ3v) is 2.98. The Morgan fingerprint density at radius 3 is 1.50 bits per heavy atom. The van der Waals surface area contributed by atoms with E-state index in [9.17, 15) is 19.2 Å². The summed E-state index contributed by atoms with van der Waals surface area (Å²) >= 11 is 0. The van der Waals surface area contributed by atoms with Gasteiger partial charge >= 0.3 is 11.9 Å². The van der Waals surface area contributed by atoms with Gasteiger partial charge in [0.2, 0.25) is 0 Å². The SMILES string of the molecule is CCCCOC(=O)C1=CC(=O)C(C(=O)OCCCC)=CC1=O. The Labute approximate surface area is 129 Å². The molecule has 0 amide bonds. The minimum atomic E-state index is -0.846. The van der Waals surface area contributed by atoms with E-state index < -0.39 is 23.5 Å². The van der Waals surface area contributed by atoms with E-state index in [4.69, 9.17) is 9.47 Å². The Morgan fingerprint density at radius 2 is 1.18 bits per heavy atom. The van der Waals surface area contributed by atoms with Crippen molar-refractivity contribution < 1.29 is 28.7 Å². The summed E-state index contributed by atoms with van der Waals surface area (Å²) in [4.78, 5) is 47.1. The van der Waals surface area contributed by atoms with Crippen molar-refractivity contribution in [3.8, 4) is 0 Å². The molecule has 0 radical (unpaired) electrons. The Morgan fingerprint density at radius 1 is 0.818 bits per heavy atom. The third-order valence-electron chi connectivity index (χ3n) is 2.98. The summed E-state index contributed by atoms with van der Waals surface area (Å²) in [6.45, 7) is 4.23. The zero-order valence-electron chi connectivity index (χ0n) is 12.8. The van der Waals surface area contributed by atoms with Crippen LogP contribution in [0.1, 0.15) is 39.5 Å². The normalized spacial score (nSPS) is 14.3. The van der Waals surface area contributed by atoms with E-state index in [1.165, 1.54) is 0 Å². The minimum absolute atomic E-state index is 0.184. The predicted molar refractivity (Wildman–Crippen MR) is 77.9 cm³/mol. The van der Waals surface area contributed by atoms with Gasteiger partial charge in [-0.25, -0.2) is 9.59 Å². The van der Waals surface area contributed by atoms with Gasteiger partial charge in [0.15, 0.2) is 11.6 Å². The van der Waals surface area contributed by atoms with Gasteiger partial charge in [-0.1, -0.05) is 26.7 Å². The molecule has 22 heavy (non-hydrogen) atoms. The van der Waals surface area contributed by atoms with Crippen molar-refractivity contribution in [3.63, 3.8) is 0 Å². The molecule has 120 valence electrons. The van der Waals surface area contributed by atoms with Crippen LogP contribution in [0.5, 0.6) is 0 Å². The van der Waals surface area contributed by atoms with Crippen LogP contribution in [0.2, 0.25) is 0 Å². The number of rotatable bonds is 8. The van der Waals surface area contributed by atoms with Gasteiger partial charge in [-0.15, -0.1) is 0 Å². The summed E-state index contributed by atoms with van der Waals surface area (Å²) in [5, 5.41) is 0. The summed E-state index contributed by atoms with van der Waals surface area (Å²) in [6, 6.07) is 0. The first-order valence-corrected chi connectivity index (χ1v) is 7.37. The average Bonchev–Trinajstić information content (AvgIpc) is 2.49. The van der Waals surface area contributed by atoms with E-state index in [1.807, 2.05) is 13.8 Å². The van der Waals surface area contributed by atoms with Crippen molar-refractivity contribution in [3.05, 3.63) is 23.3 Å². The van der Waals surface area contributed by atoms with Gasteiger partial charge in [0, 0.05) is 12.2 Å². The summed E-state index contributed by atoms with van der Waals surface area (Å²) in [7, 11) is 0. The van der Waals surface area contributed by atoms with Gasteiger partial charge in [-0.3, -0.25) is 9.59 Å². The second-order valence-electron chi connectivity index (χ2n) is 4.82. The molecule has 1 aliphatic rings. The second-order valence-corrected chi connectivity index (χ2v) is 4.82. The highest BCUT2D eigenvalue weighted by Crippen LogP contribution is 2.15. The first-order chi connectivity index (χ1) is 10.5. The number of allylic oxidation sites excluding steroid dienone is 2. The molecule has 0 aromatic heterocycles. The molecular formula is C16H20O6. The number of esters is 2. The number of carbonyl (C=O) groups is 4. The van der Waals surface area contributed by atoms with Gasteiger partial charge < -0.3 is 9.47 Å². The lowest BCUT2D eigenvalue weighted by molar-refractivity contribution is -0.143. The molecule has 0 atom stereocenters. The molecular weight excluding hydrogens is 288 g/mol. The second kappa shape index (κ2) is 8.92. The number of hydrogen-bond acceptors (Lipinski definition) is 6. The highest BCUT2D eigenvalue weighted by atomic mass is 16.5. The van der Waals surface area contributed by atoms with Gasteiger partial charge in [0.25, 0.3) is 0 Å². The number of unbranched alkanes of at least 4 members (excludes halogenated alkanes) is 2. The standard InChI is InChI=1S/C16H20O6/c1-3-5-7-21-15(19)11-9-14(18)12(10-13(11)17)16(20)22-8-6-4-2/h9-10H,3-8H2,1-2H3. The van der Waals surface area contributed by atoms with Crippen LogP contribution < -0.4 is 0 Å². The first-order valence-electron chi connectivity index (χ1n) is 7.37. The maximum atomic E-state index is 11.9. The van der Waals surface area contributed by atoms with Crippen molar-refractivity contribution in [1.29, 1.82) is 0 Å². The van der Waals surface area contributed by atoms with Gasteiger partial charge in [-0.2, -0.15) is 0 Å². The van der Waals surface area contributed by atoms with E-state index in [0.717, 1.165) is 25.0 Å². The quantitative estimate of drug-likeness (QED) is 0.293. The largest absolute Gasteiger partial charge is 0.462 e. The van der Waals surface area contributed by atoms with Crippen molar-refractivity contribution in [2.24, 2.45) is 0 Å². The van der Waals surface area contributed by atoms with Crippen LogP contribution in [0.3, 0.4) is 0 Å². The van der Waals surface area contributed by atoms with E-state index >= 15 is 0 Å². The van der Waals surface area contributed by atoms with Crippen molar-refractivity contribution in [1.82, 2.24) is 0 Å². The minimum Gasteiger partial charge on any atom is -0.462 e. The number of ether oxygens (including phenoxy) is 2. The van der Waals surface area contributed by atoms with Crippen LogP contribution in [0.15, 0.2) is 23.3 Å². The summed E-state index contributed by atoms with van der Waals surface area (Å²) in [5.41, 5.74) is -0.711. The molecule has 0 aromatic carbocycles. The predicted octanol–water partition coefficient (Wildman–Crippen LogP) is 1.68. The molecule has 0 N–H and O–H groups in total. The zero-order chi connectivity index (χ0) is 16.5. The Balaban J connectivity index is 2.69. The molecule has 6 nitrogen and oxygen atoms in total. The molecule has 0 spiro atoms. The maximum Gasteiger partial charge on any atom is 0.342 e. The van der Waals surface area contributed by atoms with E-state index in [2.05, 4.69) is 0 Å². The molecule has 0 heterocycles. The molecule has 0 fully saturated rings. The highest BCUT2D eigenvalue weighted by Gasteiger charge is 2.30. The summed E-state index contributed by atoms with van der Waals surface area (Å²) < 4.78 is 9.78. The summed E-state index contributed by atoms with van der Waals surface area (Å²) in [5.74, 6) is -3.13. The molecule has 0 aliphatic heterocycles. The molecule has 6 heteroatoms. The number of carbonyl (C=O) groups excluding carboxylic acids is 4. The van der Waals surface area contributed by atoms with Crippen LogP contribution in [-0.4, -0.2) is 36.7 Å². The highest BCUT2D eigenvalue weighted by molar-refractivity contribution is 6.35. The molecule has 1 rings (SSSR count). The van der Waals surface area contributed by atoms with Crippen LogP contribution in [-0.2, 0) is 28.7 Å². The van der Waals surface area contributed by atoms with Crippen molar-refractivity contribution >= 4 is 23.5 Å². The lowest BCUT2D eigenvalue weighted by atomic mass is 9.97. The van der Waals surface area contributed by atoms with Crippen LogP contribution in [0.25, 0.3) is 0 Å². The Hall–Kier alpha value is -2.24. The molecule has 0 aromatic rings. The monoisotopic (exact) mass is 308 g/mol. The smallest absolute Gasteiger partial charge is 0.342 e.